The Morgan fingerprint density at radius 1 is 1.69 bits per heavy atom. The fraction of sp³-hybridized carbons (Fsp3) is 0.556. The van der Waals surface area contributed by atoms with Crippen molar-refractivity contribution in [2.75, 3.05) is 6.54 Å². The molecule has 0 aliphatic rings. The van der Waals surface area contributed by atoms with Gasteiger partial charge in [-0.2, -0.15) is 0 Å². The fourth-order valence-electron chi connectivity index (χ4n) is 1.20. The average Bonchev–Trinajstić information content (AvgIpc) is 2.47. The van der Waals surface area contributed by atoms with Crippen molar-refractivity contribution in [2.24, 2.45) is 0 Å². The first kappa shape index (κ1) is 10.3. The van der Waals surface area contributed by atoms with Gasteiger partial charge in [0.15, 0.2) is 0 Å². The van der Waals surface area contributed by atoms with Crippen LogP contribution in [-0.4, -0.2) is 16.1 Å². The van der Waals surface area contributed by atoms with Crippen molar-refractivity contribution in [1.29, 1.82) is 0 Å². The van der Waals surface area contributed by atoms with Crippen LogP contribution >= 0.6 is 11.5 Å². The first-order valence-electron chi connectivity index (χ1n) is 4.34. The van der Waals surface area contributed by atoms with Gasteiger partial charge in [-0.05, 0) is 31.9 Å². The summed E-state index contributed by atoms with van der Waals surface area (Å²) in [4.78, 5) is 1.18. The predicted octanol–water partition coefficient (Wildman–Crippen LogP) is 2.07. The van der Waals surface area contributed by atoms with Gasteiger partial charge in [0.05, 0.1) is 16.6 Å². The molecule has 0 bridgehead atoms. The second-order valence-electron chi connectivity index (χ2n) is 3.06. The van der Waals surface area contributed by atoms with Crippen molar-refractivity contribution in [3.05, 3.63) is 22.7 Å². The van der Waals surface area contributed by atoms with Crippen LogP contribution in [0.15, 0.2) is 12.2 Å². The molecule has 4 heteroatoms. The molecule has 0 aromatic carbocycles. The van der Waals surface area contributed by atoms with Gasteiger partial charge >= 0.3 is 0 Å². The zero-order valence-corrected chi connectivity index (χ0v) is 9.11. The van der Waals surface area contributed by atoms with Crippen molar-refractivity contribution in [1.82, 2.24) is 14.9 Å². The molecule has 0 amide bonds. The third-order valence-electron chi connectivity index (χ3n) is 1.85. The van der Waals surface area contributed by atoms with Gasteiger partial charge in [-0.3, -0.25) is 0 Å². The van der Waals surface area contributed by atoms with Crippen LogP contribution in [0.1, 0.15) is 30.5 Å². The SMILES string of the molecule is C=C(C)C(NCC)c1snnc1C. The molecule has 72 valence electrons. The van der Waals surface area contributed by atoms with Crippen LogP contribution in [0.2, 0.25) is 0 Å². The van der Waals surface area contributed by atoms with Crippen LogP contribution in [0.5, 0.6) is 0 Å². The Bertz CT molecular complexity index is 293. The minimum absolute atomic E-state index is 0.213. The number of nitrogens with zero attached hydrogens (tertiary/aromatic N) is 2. The Hall–Kier alpha value is -0.740. The third-order valence-corrected chi connectivity index (χ3v) is 2.74. The smallest absolute Gasteiger partial charge is 0.0776 e. The van der Waals surface area contributed by atoms with Crippen LogP contribution < -0.4 is 5.32 Å². The van der Waals surface area contributed by atoms with E-state index in [4.69, 9.17) is 0 Å². The van der Waals surface area contributed by atoms with E-state index in [9.17, 15) is 0 Å². The Labute approximate surface area is 83.0 Å². The third kappa shape index (κ3) is 2.35. The summed E-state index contributed by atoms with van der Waals surface area (Å²) in [7, 11) is 0. The summed E-state index contributed by atoms with van der Waals surface area (Å²) >= 11 is 1.44. The molecule has 1 unspecified atom stereocenters. The van der Waals surface area contributed by atoms with Gasteiger partial charge in [-0.25, -0.2) is 0 Å². The second kappa shape index (κ2) is 4.48. The summed E-state index contributed by atoms with van der Waals surface area (Å²) < 4.78 is 3.92. The van der Waals surface area contributed by atoms with Gasteiger partial charge < -0.3 is 5.32 Å². The first-order valence-corrected chi connectivity index (χ1v) is 5.11. The Balaban J connectivity index is 2.88. The molecule has 1 heterocycles. The van der Waals surface area contributed by atoms with Crippen LogP contribution in [0, 0.1) is 6.92 Å². The summed E-state index contributed by atoms with van der Waals surface area (Å²) in [6.07, 6.45) is 0. The standard InChI is InChI=1S/C9H15N3S/c1-5-10-8(6(2)3)9-7(4)11-12-13-9/h8,10H,2,5H2,1,3-4H3. The minimum Gasteiger partial charge on any atom is -0.306 e. The molecule has 1 aromatic rings. The van der Waals surface area contributed by atoms with E-state index in [0.717, 1.165) is 17.8 Å². The van der Waals surface area contributed by atoms with Gasteiger partial charge in [0.25, 0.3) is 0 Å². The summed E-state index contributed by atoms with van der Waals surface area (Å²) in [5.41, 5.74) is 2.11. The highest BCUT2D eigenvalue weighted by molar-refractivity contribution is 7.05. The molecule has 0 radical (unpaired) electrons. The molecule has 3 nitrogen and oxygen atoms in total. The molecule has 0 fully saturated rings. The van der Waals surface area contributed by atoms with Crippen molar-refractivity contribution in [3.63, 3.8) is 0 Å². The van der Waals surface area contributed by atoms with Crippen LogP contribution in [0.4, 0.5) is 0 Å². The Morgan fingerprint density at radius 3 is 2.77 bits per heavy atom. The van der Waals surface area contributed by atoms with E-state index in [1.54, 1.807) is 0 Å². The monoisotopic (exact) mass is 197 g/mol. The molecule has 0 aliphatic heterocycles. The molecule has 1 aromatic heterocycles. The number of aromatic nitrogens is 2. The van der Waals surface area contributed by atoms with Crippen molar-refractivity contribution in [2.45, 2.75) is 26.8 Å². The molecule has 1 N–H and O–H groups in total. The summed E-state index contributed by atoms with van der Waals surface area (Å²) in [6, 6.07) is 0.213. The number of nitrogens with one attached hydrogen (secondary N) is 1. The Kier molecular flexibility index (Phi) is 3.57. The van der Waals surface area contributed by atoms with Crippen molar-refractivity contribution >= 4 is 11.5 Å². The number of hydrogen-bond acceptors (Lipinski definition) is 4. The van der Waals surface area contributed by atoms with E-state index in [1.807, 2.05) is 13.8 Å². The molecule has 1 atom stereocenters. The van der Waals surface area contributed by atoms with Gasteiger partial charge in [0.1, 0.15) is 0 Å². The second-order valence-corrected chi connectivity index (χ2v) is 3.85. The molecule has 0 saturated heterocycles. The Morgan fingerprint density at radius 2 is 2.38 bits per heavy atom. The topological polar surface area (TPSA) is 37.8 Å². The summed E-state index contributed by atoms with van der Waals surface area (Å²) in [5, 5.41) is 7.35. The highest BCUT2D eigenvalue weighted by Crippen LogP contribution is 2.24. The highest BCUT2D eigenvalue weighted by Gasteiger charge is 2.16. The van der Waals surface area contributed by atoms with Crippen LogP contribution in [0.3, 0.4) is 0 Å². The highest BCUT2D eigenvalue weighted by atomic mass is 32.1. The maximum Gasteiger partial charge on any atom is 0.0776 e. The van der Waals surface area contributed by atoms with Gasteiger partial charge in [0.2, 0.25) is 0 Å². The van der Waals surface area contributed by atoms with E-state index in [2.05, 4.69) is 28.4 Å². The number of hydrogen-bond donors (Lipinski definition) is 1. The molecule has 13 heavy (non-hydrogen) atoms. The number of rotatable bonds is 4. The van der Waals surface area contributed by atoms with Gasteiger partial charge in [-0.1, -0.05) is 23.6 Å². The van der Waals surface area contributed by atoms with Crippen molar-refractivity contribution < 1.29 is 0 Å². The lowest BCUT2D eigenvalue weighted by Crippen LogP contribution is -2.21. The minimum atomic E-state index is 0.213. The first-order chi connectivity index (χ1) is 6.16. The zero-order valence-electron chi connectivity index (χ0n) is 8.29. The quantitative estimate of drug-likeness (QED) is 0.751. The van der Waals surface area contributed by atoms with Gasteiger partial charge in [0, 0.05) is 0 Å². The molecular weight excluding hydrogens is 182 g/mol. The zero-order chi connectivity index (χ0) is 9.84. The molecule has 0 saturated carbocycles. The number of aryl methyl sites for hydroxylation is 1. The molecule has 0 spiro atoms. The maximum absolute atomic E-state index is 3.99. The fourth-order valence-corrected chi connectivity index (χ4v) is 2.01. The number of likely N-dealkylation sites (N-methyl/N-ethyl adjacent to an activating group) is 1. The van der Waals surface area contributed by atoms with E-state index < -0.39 is 0 Å². The molecule has 1 rings (SSSR count). The van der Waals surface area contributed by atoms with E-state index >= 15 is 0 Å². The summed E-state index contributed by atoms with van der Waals surface area (Å²) in [5.74, 6) is 0. The van der Waals surface area contributed by atoms with E-state index in [0.29, 0.717) is 0 Å². The summed E-state index contributed by atoms with van der Waals surface area (Å²) in [6.45, 7) is 11.0. The molecular formula is C9H15N3S. The lowest BCUT2D eigenvalue weighted by atomic mass is 10.1. The largest absolute Gasteiger partial charge is 0.306 e. The lowest BCUT2D eigenvalue weighted by molar-refractivity contribution is 0.626. The van der Waals surface area contributed by atoms with E-state index in [-0.39, 0.29) is 6.04 Å². The normalized spacial score (nSPS) is 12.8. The van der Waals surface area contributed by atoms with Crippen LogP contribution in [0.25, 0.3) is 0 Å². The van der Waals surface area contributed by atoms with Crippen molar-refractivity contribution in [3.8, 4) is 0 Å². The lowest BCUT2D eigenvalue weighted by Gasteiger charge is -2.15. The maximum atomic E-state index is 3.99. The predicted molar refractivity (Wildman–Crippen MR) is 55.9 cm³/mol. The van der Waals surface area contributed by atoms with Gasteiger partial charge in [-0.15, -0.1) is 5.10 Å². The average molecular weight is 197 g/mol. The van der Waals surface area contributed by atoms with Crippen LogP contribution in [-0.2, 0) is 0 Å². The van der Waals surface area contributed by atoms with E-state index in [1.165, 1.54) is 16.4 Å². The molecule has 0 aliphatic carbocycles.